The highest BCUT2D eigenvalue weighted by atomic mass is 19.4. The van der Waals surface area contributed by atoms with Crippen molar-refractivity contribution in [3.8, 4) is 0 Å². The summed E-state index contributed by atoms with van der Waals surface area (Å²) in [5.74, 6) is -0.801. The summed E-state index contributed by atoms with van der Waals surface area (Å²) >= 11 is 0. The van der Waals surface area contributed by atoms with E-state index >= 15 is 0 Å². The zero-order valence-electron chi connectivity index (χ0n) is 10.9. The number of aromatic nitrogens is 1. The molecule has 114 valence electrons. The molecule has 5 nitrogen and oxygen atoms in total. The number of halogens is 3. The van der Waals surface area contributed by atoms with E-state index in [2.05, 4.69) is 9.82 Å². The zero-order valence-corrected chi connectivity index (χ0v) is 10.9. The fourth-order valence-electron chi connectivity index (χ4n) is 1.89. The second-order valence-electron chi connectivity index (χ2n) is 4.54. The number of rotatable bonds is 5. The number of nitrogens with two attached hydrogens (primary N) is 1. The Morgan fingerprint density at radius 1 is 1.38 bits per heavy atom. The molecular weight excluding hydrogens is 287 g/mol. The van der Waals surface area contributed by atoms with Gasteiger partial charge in [-0.05, 0) is 18.1 Å². The number of aromatic amines is 1. The van der Waals surface area contributed by atoms with E-state index in [0.29, 0.717) is 0 Å². The number of para-hydroxylation sites is 1. The summed E-state index contributed by atoms with van der Waals surface area (Å²) in [7, 11) is 0. The molecule has 8 heteroatoms. The van der Waals surface area contributed by atoms with Crippen LogP contribution >= 0.6 is 0 Å². The average Bonchev–Trinajstić information content (AvgIpc) is 2.80. The smallest absolute Gasteiger partial charge is 0.361 e. The Morgan fingerprint density at radius 2 is 2.10 bits per heavy atom. The molecule has 0 aliphatic rings. The summed E-state index contributed by atoms with van der Waals surface area (Å²) in [4.78, 5) is 18.7. The number of hydrogen-bond acceptors (Lipinski definition) is 3. The highest BCUT2D eigenvalue weighted by Crippen LogP contribution is 2.18. The Morgan fingerprint density at radius 3 is 2.81 bits per heavy atom. The van der Waals surface area contributed by atoms with Crippen molar-refractivity contribution >= 4 is 16.8 Å². The van der Waals surface area contributed by atoms with Crippen LogP contribution in [0.3, 0.4) is 0 Å². The second-order valence-corrected chi connectivity index (χ2v) is 4.54. The van der Waals surface area contributed by atoms with E-state index in [0.717, 1.165) is 16.5 Å². The predicted molar refractivity (Wildman–Crippen MR) is 70.1 cm³/mol. The van der Waals surface area contributed by atoms with E-state index in [1.165, 1.54) is 0 Å². The number of benzene rings is 1. The van der Waals surface area contributed by atoms with Gasteiger partial charge in [0, 0.05) is 17.1 Å². The Balaban J connectivity index is 1.92. The minimum absolute atomic E-state index is 0.186. The standard InChI is InChI=1S/C13H14F3N3O2/c14-13(15,16)7-21-19-12(20)10(17)5-8-6-18-11-4-2-1-3-9(8)11/h1-4,6,10,18H,5,7,17H2,(H,19,20)/t10-/m0/s1. The molecule has 1 aromatic heterocycles. The Kier molecular flexibility index (Phi) is 4.49. The first-order valence-electron chi connectivity index (χ1n) is 6.16. The van der Waals surface area contributed by atoms with Crippen molar-refractivity contribution in [1.29, 1.82) is 0 Å². The molecule has 0 aliphatic heterocycles. The lowest BCUT2D eigenvalue weighted by Gasteiger charge is -2.12. The van der Waals surface area contributed by atoms with Gasteiger partial charge in [-0.25, -0.2) is 5.48 Å². The topological polar surface area (TPSA) is 80.1 Å². The number of amides is 1. The van der Waals surface area contributed by atoms with Gasteiger partial charge in [0.25, 0.3) is 5.91 Å². The van der Waals surface area contributed by atoms with Crippen LogP contribution in [0.2, 0.25) is 0 Å². The molecular formula is C13H14F3N3O2. The molecule has 0 unspecified atom stereocenters. The number of nitrogens with one attached hydrogen (secondary N) is 2. The fourth-order valence-corrected chi connectivity index (χ4v) is 1.89. The maximum Gasteiger partial charge on any atom is 0.414 e. The molecule has 1 aromatic carbocycles. The number of alkyl halides is 3. The molecule has 0 aliphatic carbocycles. The van der Waals surface area contributed by atoms with E-state index in [9.17, 15) is 18.0 Å². The van der Waals surface area contributed by atoms with Crippen LogP contribution in [0, 0.1) is 0 Å². The van der Waals surface area contributed by atoms with Crippen molar-refractivity contribution in [1.82, 2.24) is 10.5 Å². The molecule has 2 aromatic rings. The summed E-state index contributed by atoms with van der Waals surface area (Å²) in [5, 5.41) is 0.914. The van der Waals surface area contributed by atoms with Crippen molar-refractivity contribution in [2.45, 2.75) is 18.6 Å². The lowest BCUT2D eigenvalue weighted by atomic mass is 10.1. The van der Waals surface area contributed by atoms with Crippen LogP contribution in [-0.4, -0.2) is 29.7 Å². The van der Waals surface area contributed by atoms with Gasteiger partial charge in [0.05, 0.1) is 6.04 Å². The van der Waals surface area contributed by atoms with Gasteiger partial charge in [0.15, 0.2) is 6.61 Å². The van der Waals surface area contributed by atoms with Crippen molar-refractivity contribution in [2.24, 2.45) is 5.73 Å². The number of hydroxylamine groups is 1. The lowest BCUT2D eigenvalue weighted by molar-refractivity contribution is -0.192. The van der Waals surface area contributed by atoms with Crippen LogP contribution in [-0.2, 0) is 16.1 Å². The molecule has 2 rings (SSSR count). The summed E-state index contributed by atoms with van der Waals surface area (Å²) in [6.07, 6.45) is -2.60. The molecule has 0 spiro atoms. The lowest BCUT2D eigenvalue weighted by Crippen LogP contribution is -2.43. The van der Waals surface area contributed by atoms with Crippen molar-refractivity contribution < 1.29 is 22.8 Å². The normalized spacial score (nSPS) is 13.3. The molecule has 4 N–H and O–H groups in total. The van der Waals surface area contributed by atoms with Gasteiger partial charge in [-0.15, -0.1) is 0 Å². The minimum Gasteiger partial charge on any atom is -0.361 e. The second kappa shape index (κ2) is 6.15. The zero-order chi connectivity index (χ0) is 15.5. The van der Waals surface area contributed by atoms with Crippen LogP contribution in [0.5, 0.6) is 0 Å². The van der Waals surface area contributed by atoms with Crippen LogP contribution < -0.4 is 11.2 Å². The maximum absolute atomic E-state index is 11.9. The van der Waals surface area contributed by atoms with Gasteiger partial charge >= 0.3 is 6.18 Å². The Hall–Kier alpha value is -2.06. The maximum atomic E-state index is 11.9. The molecule has 0 saturated heterocycles. The number of carbonyl (C=O) groups is 1. The van der Waals surface area contributed by atoms with Crippen LogP contribution in [0.1, 0.15) is 5.56 Å². The molecule has 1 heterocycles. The van der Waals surface area contributed by atoms with Gasteiger partial charge in [-0.1, -0.05) is 18.2 Å². The molecule has 0 saturated carbocycles. The van der Waals surface area contributed by atoms with E-state index < -0.39 is 24.7 Å². The minimum atomic E-state index is -4.51. The third-order valence-corrected chi connectivity index (χ3v) is 2.86. The molecule has 0 bridgehead atoms. The highest BCUT2D eigenvalue weighted by Gasteiger charge is 2.28. The first-order chi connectivity index (χ1) is 9.87. The van der Waals surface area contributed by atoms with Crippen molar-refractivity contribution in [3.05, 3.63) is 36.0 Å². The van der Waals surface area contributed by atoms with E-state index in [-0.39, 0.29) is 6.42 Å². The van der Waals surface area contributed by atoms with E-state index in [1.54, 1.807) is 11.7 Å². The number of carbonyl (C=O) groups excluding carboxylic acids is 1. The Bertz CT molecular complexity index is 624. The van der Waals surface area contributed by atoms with Gasteiger partial charge < -0.3 is 10.7 Å². The Labute approximate surface area is 118 Å². The summed E-state index contributed by atoms with van der Waals surface area (Å²) in [6.45, 7) is -1.56. The van der Waals surface area contributed by atoms with Gasteiger partial charge in [0.1, 0.15) is 0 Å². The van der Waals surface area contributed by atoms with Gasteiger partial charge in [0.2, 0.25) is 0 Å². The van der Waals surface area contributed by atoms with Gasteiger partial charge in [-0.2, -0.15) is 13.2 Å². The summed E-state index contributed by atoms with van der Waals surface area (Å²) in [5.41, 5.74) is 9.07. The number of H-pyrrole nitrogens is 1. The molecule has 0 radical (unpaired) electrons. The molecule has 21 heavy (non-hydrogen) atoms. The summed E-state index contributed by atoms with van der Waals surface area (Å²) in [6, 6.07) is 6.44. The van der Waals surface area contributed by atoms with Crippen LogP contribution in [0.4, 0.5) is 13.2 Å². The van der Waals surface area contributed by atoms with Crippen LogP contribution in [0.25, 0.3) is 10.9 Å². The highest BCUT2D eigenvalue weighted by molar-refractivity contribution is 5.85. The molecule has 1 atom stereocenters. The fraction of sp³-hybridized carbons (Fsp3) is 0.308. The number of hydrogen-bond donors (Lipinski definition) is 3. The van der Waals surface area contributed by atoms with Crippen molar-refractivity contribution in [2.75, 3.05) is 6.61 Å². The third-order valence-electron chi connectivity index (χ3n) is 2.86. The van der Waals surface area contributed by atoms with Crippen molar-refractivity contribution in [3.63, 3.8) is 0 Å². The van der Waals surface area contributed by atoms with E-state index in [1.807, 2.05) is 24.3 Å². The molecule has 0 fully saturated rings. The predicted octanol–water partition coefficient (Wildman–Crippen LogP) is 1.65. The quantitative estimate of drug-likeness (QED) is 0.735. The largest absolute Gasteiger partial charge is 0.414 e. The summed E-state index contributed by atoms with van der Waals surface area (Å²) < 4.78 is 35.6. The third kappa shape index (κ3) is 4.20. The SMILES string of the molecule is N[C@@H](Cc1c[nH]c2ccccc12)C(=O)NOCC(F)(F)F. The van der Waals surface area contributed by atoms with Crippen LogP contribution in [0.15, 0.2) is 30.5 Å². The molecule has 1 amide bonds. The average molecular weight is 301 g/mol. The number of fused-ring (bicyclic) bond motifs is 1. The monoisotopic (exact) mass is 301 g/mol. The van der Waals surface area contributed by atoms with E-state index in [4.69, 9.17) is 5.73 Å². The first-order valence-corrected chi connectivity index (χ1v) is 6.16. The first kappa shape index (κ1) is 15.3. The van der Waals surface area contributed by atoms with Gasteiger partial charge in [-0.3, -0.25) is 9.63 Å².